The molecule has 0 spiro atoms. The molecular formula is C14H16O. The summed E-state index contributed by atoms with van der Waals surface area (Å²) in [6.07, 6.45) is 4.68. The number of hydrogen-bond donors (Lipinski definition) is 0. The molecule has 0 aliphatic heterocycles. The fourth-order valence-corrected chi connectivity index (χ4v) is 2.14. The summed E-state index contributed by atoms with van der Waals surface area (Å²) in [4.78, 5) is 11.6. The van der Waals surface area contributed by atoms with Crippen molar-refractivity contribution in [1.82, 2.24) is 0 Å². The number of aryl methyl sites for hydroxylation is 1. The Hall–Kier alpha value is -1.37. The molecule has 78 valence electrons. The minimum Gasteiger partial charge on any atom is -0.299 e. The SMILES string of the molecule is CC1=CCC(=O)[C@H]1CCc1ccccc1. The lowest BCUT2D eigenvalue weighted by atomic mass is 9.94. The van der Waals surface area contributed by atoms with Crippen LogP contribution in [0.25, 0.3) is 0 Å². The van der Waals surface area contributed by atoms with Gasteiger partial charge in [0.2, 0.25) is 0 Å². The van der Waals surface area contributed by atoms with Gasteiger partial charge in [-0.1, -0.05) is 42.0 Å². The van der Waals surface area contributed by atoms with Gasteiger partial charge in [-0.3, -0.25) is 4.79 Å². The molecule has 1 aromatic carbocycles. The van der Waals surface area contributed by atoms with Crippen molar-refractivity contribution in [3.05, 3.63) is 47.5 Å². The van der Waals surface area contributed by atoms with Gasteiger partial charge in [-0.2, -0.15) is 0 Å². The summed E-state index contributed by atoms with van der Waals surface area (Å²) in [5.41, 5.74) is 2.58. The molecule has 1 heteroatoms. The van der Waals surface area contributed by atoms with Gasteiger partial charge in [-0.05, 0) is 25.3 Å². The quantitative estimate of drug-likeness (QED) is 0.685. The first-order valence-electron chi connectivity index (χ1n) is 5.50. The van der Waals surface area contributed by atoms with Crippen molar-refractivity contribution in [2.45, 2.75) is 26.2 Å². The molecule has 0 saturated carbocycles. The first kappa shape index (κ1) is 10.2. The topological polar surface area (TPSA) is 17.1 Å². The summed E-state index contributed by atoms with van der Waals surface area (Å²) in [6.45, 7) is 2.07. The normalized spacial score (nSPS) is 20.5. The summed E-state index contributed by atoms with van der Waals surface area (Å²) in [7, 11) is 0. The molecule has 0 saturated heterocycles. The largest absolute Gasteiger partial charge is 0.299 e. The lowest BCUT2D eigenvalue weighted by Crippen LogP contribution is -2.10. The standard InChI is InChI=1S/C14H16O/c1-11-7-10-14(15)13(11)9-8-12-5-3-2-4-6-12/h2-7,13H,8-10H2,1H3/t13-/m0/s1. The summed E-state index contributed by atoms with van der Waals surface area (Å²) in [5, 5.41) is 0. The van der Waals surface area contributed by atoms with Crippen molar-refractivity contribution < 1.29 is 4.79 Å². The zero-order valence-electron chi connectivity index (χ0n) is 9.07. The predicted molar refractivity (Wildman–Crippen MR) is 61.6 cm³/mol. The minimum atomic E-state index is 0.185. The summed E-state index contributed by atoms with van der Waals surface area (Å²) in [6, 6.07) is 10.4. The van der Waals surface area contributed by atoms with Crippen molar-refractivity contribution >= 4 is 5.78 Å². The molecule has 0 aromatic heterocycles. The Morgan fingerprint density at radius 1 is 1.27 bits per heavy atom. The van der Waals surface area contributed by atoms with Crippen LogP contribution in [0.3, 0.4) is 0 Å². The smallest absolute Gasteiger partial charge is 0.143 e. The average molecular weight is 200 g/mol. The maximum atomic E-state index is 11.6. The molecule has 0 amide bonds. The van der Waals surface area contributed by atoms with Crippen LogP contribution in [-0.4, -0.2) is 5.78 Å². The Morgan fingerprint density at radius 2 is 2.00 bits per heavy atom. The van der Waals surface area contributed by atoms with E-state index in [4.69, 9.17) is 0 Å². The molecule has 1 aromatic rings. The first-order chi connectivity index (χ1) is 7.27. The number of allylic oxidation sites excluding steroid dienone is 2. The van der Waals surface area contributed by atoms with Gasteiger partial charge in [-0.15, -0.1) is 0 Å². The van der Waals surface area contributed by atoms with Gasteiger partial charge >= 0.3 is 0 Å². The Labute approximate surface area is 90.8 Å². The highest BCUT2D eigenvalue weighted by Crippen LogP contribution is 2.26. The van der Waals surface area contributed by atoms with Gasteiger partial charge in [0.15, 0.2) is 0 Å². The Kier molecular flexibility index (Phi) is 3.00. The molecule has 1 atom stereocenters. The molecule has 1 aliphatic rings. The lowest BCUT2D eigenvalue weighted by Gasteiger charge is -2.10. The first-order valence-corrected chi connectivity index (χ1v) is 5.50. The van der Waals surface area contributed by atoms with E-state index in [-0.39, 0.29) is 5.92 Å². The van der Waals surface area contributed by atoms with Gasteiger partial charge in [0.25, 0.3) is 0 Å². The van der Waals surface area contributed by atoms with Crippen LogP contribution in [-0.2, 0) is 11.2 Å². The molecular weight excluding hydrogens is 184 g/mol. The van der Waals surface area contributed by atoms with E-state index in [1.54, 1.807) is 0 Å². The fraction of sp³-hybridized carbons (Fsp3) is 0.357. The molecule has 15 heavy (non-hydrogen) atoms. The van der Waals surface area contributed by atoms with E-state index >= 15 is 0 Å². The molecule has 0 heterocycles. The van der Waals surface area contributed by atoms with E-state index in [1.807, 2.05) is 6.07 Å². The third kappa shape index (κ3) is 2.35. The van der Waals surface area contributed by atoms with Gasteiger partial charge in [-0.25, -0.2) is 0 Å². The number of hydrogen-bond acceptors (Lipinski definition) is 1. The molecule has 2 rings (SSSR count). The lowest BCUT2D eigenvalue weighted by molar-refractivity contribution is -0.120. The number of carbonyl (C=O) groups is 1. The highest BCUT2D eigenvalue weighted by molar-refractivity contribution is 5.88. The van der Waals surface area contributed by atoms with Gasteiger partial charge in [0.1, 0.15) is 5.78 Å². The van der Waals surface area contributed by atoms with E-state index in [9.17, 15) is 4.79 Å². The van der Waals surface area contributed by atoms with E-state index in [2.05, 4.69) is 37.3 Å². The van der Waals surface area contributed by atoms with Gasteiger partial charge in [0.05, 0.1) is 0 Å². The molecule has 0 radical (unpaired) electrons. The Morgan fingerprint density at radius 3 is 2.60 bits per heavy atom. The van der Waals surface area contributed by atoms with Crippen LogP contribution in [0, 0.1) is 5.92 Å². The Bertz CT molecular complexity index is 376. The summed E-state index contributed by atoms with van der Waals surface area (Å²) < 4.78 is 0. The number of carbonyl (C=O) groups excluding carboxylic acids is 1. The third-order valence-electron chi connectivity index (χ3n) is 3.13. The van der Waals surface area contributed by atoms with Crippen molar-refractivity contribution in [3.63, 3.8) is 0 Å². The second-order valence-electron chi connectivity index (χ2n) is 4.20. The van der Waals surface area contributed by atoms with Crippen LogP contribution in [0.15, 0.2) is 42.0 Å². The zero-order valence-corrected chi connectivity index (χ0v) is 9.07. The molecule has 0 bridgehead atoms. The van der Waals surface area contributed by atoms with Crippen LogP contribution in [0.5, 0.6) is 0 Å². The maximum Gasteiger partial charge on any atom is 0.143 e. The average Bonchev–Trinajstić information content (AvgIpc) is 2.58. The van der Waals surface area contributed by atoms with Crippen LogP contribution in [0.2, 0.25) is 0 Å². The summed E-state index contributed by atoms with van der Waals surface area (Å²) >= 11 is 0. The van der Waals surface area contributed by atoms with Crippen molar-refractivity contribution in [3.8, 4) is 0 Å². The second kappa shape index (κ2) is 4.43. The number of Topliss-reactive ketones (excluding diaryl/α,β-unsaturated/α-hetero) is 1. The van der Waals surface area contributed by atoms with Crippen LogP contribution < -0.4 is 0 Å². The Balaban J connectivity index is 1.94. The monoisotopic (exact) mass is 200 g/mol. The van der Waals surface area contributed by atoms with Gasteiger partial charge < -0.3 is 0 Å². The zero-order chi connectivity index (χ0) is 10.7. The highest BCUT2D eigenvalue weighted by Gasteiger charge is 2.23. The number of ketones is 1. The van der Waals surface area contributed by atoms with Crippen molar-refractivity contribution in [1.29, 1.82) is 0 Å². The van der Waals surface area contributed by atoms with Crippen LogP contribution >= 0.6 is 0 Å². The van der Waals surface area contributed by atoms with Crippen LogP contribution in [0.4, 0.5) is 0 Å². The number of rotatable bonds is 3. The minimum absolute atomic E-state index is 0.185. The second-order valence-corrected chi connectivity index (χ2v) is 4.20. The summed E-state index contributed by atoms with van der Waals surface area (Å²) in [5.74, 6) is 0.577. The van der Waals surface area contributed by atoms with Crippen LogP contribution in [0.1, 0.15) is 25.3 Å². The fourth-order valence-electron chi connectivity index (χ4n) is 2.14. The van der Waals surface area contributed by atoms with E-state index in [1.165, 1.54) is 11.1 Å². The van der Waals surface area contributed by atoms with Crippen molar-refractivity contribution in [2.75, 3.05) is 0 Å². The van der Waals surface area contributed by atoms with E-state index < -0.39 is 0 Å². The molecule has 1 nitrogen and oxygen atoms in total. The van der Waals surface area contributed by atoms with Gasteiger partial charge in [0, 0.05) is 12.3 Å². The molecule has 0 unspecified atom stereocenters. The molecule has 0 fully saturated rings. The predicted octanol–water partition coefficient (Wildman–Crippen LogP) is 3.15. The maximum absolute atomic E-state index is 11.6. The third-order valence-corrected chi connectivity index (χ3v) is 3.13. The van der Waals surface area contributed by atoms with Crippen molar-refractivity contribution in [2.24, 2.45) is 5.92 Å². The molecule has 0 N–H and O–H groups in total. The molecule has 1 aliphatic carbocycles. The highest BCUT2D eigenvalue weighted by atomic mass is 16.1. The number of benzene rings is 1. The van der Waals surface area contributed by atoms with E-state index in [0.29, 0.717) is 12.2 Å². The van der Waals surface area contributed by atoms with E-state index in [0.717, 1.165) is 12.8 Å².